The minimum Gasteiger partial charge on any atom is -0.465 e. The molecule has 0 atom stereocenters. The molecule has 3 aromatic carbocycles. The van der Waals surface area contributed by atoms with Crippen LogP contribution in [0.4, 0.5) is 11.4 Å². The van der Waals surface area contributed by atoms with Crippen molar-refractivity contribution in [3.8, 4) is 11.7 Å². The van der Waals surface area contributed by atoms with Crippen LogP contribution in [-0.4, -0.2) is 20.1 Å². The second-order valence-corrected chi connectivity index (χ2v) is 6.44. The van der Waals surface area contributed by atoms with E-state index in [1.54, 1.807) is 12.1 Å². The summed E-state index contributed by atoms with van der Waals surface area (Å²) in [5, 5.41) is 5.96. The highest BCUT2D eigenvalue weighted by molar-refractivity contribution is 6.75. The van der Waals surface area contributed by atoms with Crippen LogP contribution in [-0.2, 0) is 11.3 Å². The number of nitrogens with zero attached hydrogens (tertiary/aromatic N) is 1. The number of methoxy groups -OCH3 is 1. The Labute approximate surface area is 159 Å². The molecule has 4 rings (SSSR count). The summed E-state index contributed by atoms with van der Waals surface area (Å²) in [6.45, 7) is 2.42. The van der Waals surface area contributed by atoms with Crippen molar-refractivity contribution >= 4 is 35.1 Å². The summed E-state index contributed by atoms with van der Waals surface area (Å²) in [4.78, 5) is 13.9. The van der Waals surface area contributed by atoms with E-state index in [-0.39, 0.29) is 13.0 Å². The van der Waals surface area contributed by atoms with E-state index in [0.29, 0.717) is 12.1 Å². The number of ether oxygens (including phenoxy) is 1. The van der Waals surface area contributed by atoms with Gasteiger partial charge in [0.15, 0.2) is 0 Å². The first kappa shape index (κ1) is 17.1. The van der Waals surface area contributed by atoms with Gasteiger partial charge in [-0.25, -0.2) is 4.79 Å². The number of anilines is 2. The Kier molecular flexibility index (Phi) is 4.47. The normalized spacial score (nSPS) is 12.2. The van der Waals surface area contributed by atoms with E-state index in [1.807, 2.05) is 19.1 Å². The Hall–Kier alpha value is -3.39. The molecule has 0 spiro atoms. The number of carbonyl (C=O) groups is 1. The van der Waals surface area contributed by atoms with Crippen LogP contribution in [0.3, 0.4) is 0 Å². The van der Waals surface area contributed by atoms with Crippen molar-refractivity contribution in [2.45, 2.75) is 13.5 Å². The van der Waals surface area contributed by atoms with E-state index in [2.05, 4.69) is 58.2 Å². The molecule has 0 unspecified atom stereocenters. The van der Waals surface area contributed by atoms with Crippen LogP contribution in [0, 0.1) is 11.7 Å². The largest absolute Gasteiger partial charge is 0.465 e. The van der Waals surface area contributed by atoms with Crippen LogP contribution in [0.15, 0.2) is 60.7 Å². The molecule has 4 nitrogen and oxygen atoms in total. The van der Waals surface area contributed by atoms with Gasteiger partial charge in [-0.2, -0.15) is 0 Å². The first-order valence-corrected chi connectivity index (χ1v) is 8.85. The third-order valence-corrected chi connectivity index (χ3v) is 4.81. The Morgan fingerprint density at radius 3 is 2.56 bits per heavy atom. The highest BCUT2D eigenvalue weighted by Gasteiger charge is 2.30. The van der Waals surface area contributed by atoms with Crippen molar-refractivity contribution in [1.82, 2.24) is 0 Å². The van der Waals surface area contributed by atoms with Crippen LogP contribution < -0.4 is 10.0 Å². The summed E-state index contributed by atoms with van der Waals surface area (Å²) in [6.07, 6.45) is 0. The maximum atomic E-state index is 11.7. The summed E-state index contributed by atoms with van der Waals surface area (Å²) in [5.74, 6) is 5.98. The molecule has 0 saturated carbocycles. The number of hydrogen-bond acceptors (Lipinski definition) is 4. The Bertz CT molecular complexity index is 1060. The summed E-state index contributed by atoms with van der Waals surface area (Å²) >= 11 is 0. The first-order valence-electron chi connectivity index (χ1n) is 8.85. The molecule has 27 heavy (non-hydrogen) atoms. The Morgan fingerprint density at radius 1 is 1.11 bits per heavy atom. The van der Waals surface area contributed by atoms with Crippen molar-refractivity contribution < 1.29 is 9.53 Å². The molecule has 1 heterocycles. The van der Waals surface area contributed by atoms with Crippen LogP contribution in [0.2, 0.25) is 0 Å². The van der Waals surface area contributed by atoms with Gasteiger partial charge in [0.1, 0.15) is 0 Å². The van der Waals surface area contributed by atoms with Gasteiger partial charge in [-0.05, 0) is 42.1 Å². The lowest BCUT2D eigenvalue weighted by Crippen LogP contribution is -2.47. The molecule has 1 N–H and O–H groups in total. The van der Waals surface area contributed by atoms with E-state index in [1.165, 1.54) is 17.9 Å². The third-order valence-electron chi connectivity index (χ3n) is 4.81. The second kappa shape index (κ2) is 7.09. The van der Waals surface area contributed by atoms with E-state index in [0.717, 1.165) is 16.9 Å². The molecule has 132 valence electrons. The highest BCUT2D eigenvalue weighted by atomic mass is 16.5. The van der Waals surface area contributed by atoms with Crippen molar-refractivity contribution in [2.24, 2.45) is 0 Å². The van der Waals surface area contributed by atoms with Crippen molar-refractivity contribution in [1.29, 1.82) is 0 Å². The number of esters is 1. The lowest BCUT2D eigenvalue weighted by molar-refractivity contribution is 0.0600. The fourth-order valence-corrected chi connectivity index (χ4v) is 3.53. The molecule has 0 aromatic heterocycles. The molecule has 0 fully saturated rings. The fourth-order valence-electron chi connectivity index (χ4n) is 3.53. The van der Waals surface area contributed by atoms with Gasteiger partial charge in [-0.15, -0.1) is 5.92 Å². The molecule has 1 aliphatic heterocycles. The molecular formula is C22H19BN2O2. The minimum atomic E-state index is -0.324. The van der Waals surface area contributed by atoms with Crippen molar-refractivity contribution in [3.63, 3.8) is 0 Å². The lowest BCUT2D eigenvalue weighted by atomic mass is 9.71. The van der Waals surface area contributed by atoms with E-state index in [4.69, 9.17) is 4.74 Å². The topological polar surface area (TPSA) is 41.6 Å². The van der Waals surface area contributed by atoms with Gasteiger partial charge in [-0.1, -0.05) is 42.2 Å². The predicted molar refractivity (Wildman–Crippen MR) is 111 cm³/mol. The van der Waals surface area contributed by atoms with E-state index < -0.39 is 0 Å². The molecule has 0 aliphatic carbocycles. The van der Waals surface area contributed by atoms with Gasteiger partial charge in [0.25, 0.3) is 0 Å². The second-order valence-electron chi connectivity index (χ2n) is 6.44. The smallest absolute Gasteiger partial charge is 0.463 e. The van der Waals surface area contributed by atoms with Gasteiger partial charge in [0.2, 0.25) is 0 Å². The molecule has 0 saturated heterocycles. The average molecular weight is 354 g/mol. The van der Waals surface area contributed by atoms with Crippen LogP contribution in [0.25, 0.3) is 10.8 Å². The van der Waals surface area contributed by atoms with Crippen LogP contribution >= 0.6 is 0 Å². The number of rotatable bonds is 3. The fraction of sp³-hybridized carbons (Fsp3) is 0.136. The van der Waals surface area contributed by atoms with Gasteiger partial charge < -0.3 is 14.8 Å². The first-order chi connectivity index (χ1) is 13.2. The number of hydrogen-bond donors (Lipinski definition) is 1. The van der Waals surface area contributed by atoms with Gasteiger partial charge in [0, 0.05) is 23.3 Å². The summed E-state index contributed by atoms with van der Waals surface area (Å²) < 4.78 is 4.78. The summed E-state index contributed by atoms with van der Waals surface area (Å²) in [7, 11) is 1.39. The molecule has 1 aliphatic rings. The van der Waals surface area contributed by atoms with Crippen molar-refractivity contribution in [3.05, 3.63) is 71.8 Å². The zero-order chi connectivity index (χ0) is 18.8. The Morgan fingerprint density at radius 2 is 1.85 bits per heavy atom. The van der Waals surface area contributed by atoms with Crippen LogP contribution in [0.1, 0.15) is 22.8 Å². The SMILES string of the molecule is CC#CB1Nc2cccc3cccc(c23)N1Cc1ccc(C(=O)OC)cc1. The molecule has 0 bridgehead atoms. The number of carbonyl (C=O) groups excluding carboxylic acids is 1. The number of nitrogens with one attached hydrogen (secondary N) is 1. The van der Waals surface area contributed by atoms with Gasteiger partial charge in [0.05, 0.1) is 12.7 Å². The summed E-state index contributed by atoms with van der Waals surface area (Å²) in [6, 6.07) is 20.1. The lowest BCUT2D eigenvalue weighted by Gasteiger charge is -2.35. The molecular weight excluding hydrogens is 335 g/mol. The molecule has 3 aromatic rings. The van der Waals surface area contributed by atoms with Gasteiger partial charge >= 0.3 is 13.0 Å². The quantitative estimate of drug-likeness (QED) is 0.437. The van der Waals surface area contributed by atoms with E-state index in [9.17, 15) is 4.79 Å². The highest BCUT2D eigenvalue weighted by Crippen LogP contribution is 2.37. The zero-order valence-corrected chi connectivity index (χ0v) is 15.3. The standard InChI is InChI=1S/C22H19BN2O2/c1-3-14-23-24-19-8-4-6-17-7-5-9-20(21(17)19)25(23)15-16-10-12-18(13-11-16)22(26)27-2/h4-13,24H,15H2,1-2H3. The summed E-state index contributed by atoms with van der Waals surface area (Å²) in [5.41, 5.74) is 3.92. The van der Waals surface area contributed by atoms with Gasteiger partial charge in [-0.3, -0.25) is 0 Å². The van der Waals surface area contributed by atoms with Crippen molar-refractivity contribution in [2.75, 3.05) is 17.1 Å². The molecule has 5 heteroatoms. The zero-order valence-electron chi connectivity index (χ0n) is 15.3. The van der Waals surface area contributed by atoms with E-state index >= 15 is 0 Å². The maximum absolute atomic E-state index is 11.7. The average Bonchev–Trinajstić information content (AvgIpc) is 2.71. The molecule has 0 radical (unpaired) electrons. The molecule has 0 amide bonds. The third kappa shape index (κ3) is 3.11. The predicted octanol–water partition coefficient (Wildman–Crippen LogP) is 4.11. The maximum Gasteiger partial charge on any atom is 0.463 e. The number of benzene rings is 3. The minimum absolute atomic E-state index is 0.115. The Balaban J connectivity index is 1.74. The van der Waals surface area contributed by atoms with Crippen LogP contribution in [0.5, 0.6) is 0 Å². The monoisotopic (exact) mass is 354 g/mol.